The van der Waals surface area contributed by atoms with Crippen molar-refractivity contribution in [1.82, 2.24) is 4.90 Å². The van der Waals surface area contributed by atoms with Crippen molar-refractivity contribution in [2.24, 2.45) is 0 Å². The molecule has 7 nitrogen and oxygen atoms in total. The molecule has 0 aliphatic carbocycles. The highest BCUT2D eigenvalue weighted by Gasteiger charge is 2.13. The van der Waals surface area contributed by atoms with Crippen LogP contribution in [-0.2, 0) is 16.6 Å². The van der Waals surface area contributed by atoms with Gasteiger partial charge in [-0.05, 0) is 61.8 Å². The van der Waals surface area contributed by atoms with Crippen LogP contribution in [0.25, 0.3) is 0 Å². The van der Waals surface area contributed by atoms with E-state index < -0.39 is 10.0 Å². The van der Waals surface area contributed by atoms with Gasteiger partial charge in [0.15, 0.2) is 0 Å². The van der Waals surface area contributed by atoms with Crippen molar-refractivity contribution < 1.29 is 17.9 Å². The van der Waals surface area contributed by atoms with Crippen LogP contribution in [0.2, 0.25) is 0 Å². The molecule has 1 heterocycles. The molecule has 156 valence electrons. The number of rotatable bonds is 7. The van der Waals surface area contributed by atoms with Gasteiger partial charge >= 0.3 is 0 Å². The van der Waals surface area contributed by atoms with Crippen molar-refractivity contribution in [1.29, 1.82) is 0 Å². The number of likely N-dealkylation sites (tertiary alicyclic amines) is 1. The quantitative estimate of drug-likeness (QED) is 0.722. The van der Waals surface area contributed by atoms with E-state index in [2.05, 4.69) is 14.9 Å². The summed E-state index contributed by atoms with van der Waals surface area (Å²) in [5.41, 5.74) is 2.47. The zero-order valence-electron chi connectivity index (χ0n) is 16.8. The summed E-state index contributed by atoms with van der Waals surface area (Å²) < 4.78 is 30.6. The molecule has 2 aromatic carbocycles. The number of methoxy groups -OCH3 is 1. The van der Waals surface area contributed by atoms with Crippen molar-refractivity contribution in [3.8, 4) is 5.75 Å². The Labute approximate surface area is 172 Å². The Morgan fingerprint density at radius 1 is 1.07 bits per heavy atom. The monoisotopic (exact) mass is 417 g/mol. The van der Waals surface area contributed by atoms with Crippen molar-refractivity contribution in [3.05, 3.63) is 53.6 Å². The van der Waals surface area contributed by atoms with E-state index in [9.17, 15) is 13.2 Å². The molecule has 2 N–H and O–H groups in total. The first-order valence-corrected chi connectivity index (χ1v) is 11.5. The average molecular weight is 418 g/mol. The fraction of sp³-hybridized carbons (Fsp3) is 0.381. The molecule has 0 aromatic heterocycles. The lowest BCUT2D eigenvalue weighted by Crippen LogP contribution is -2.29. The van der Waals surface area contributed by atoms with Gasteiger partial charge in [0.1, 0.15) is 5.75 Å². The largest absolute Gasteiger partial charge is 0.495 e. The molecule has 0 radical (unpaired) electrons. The van der Waals surface area contributed by atoms with Gasteiger partial charge in [0.2, 0.25) is 10.0 Å². The summed E-state index contributed by atoms with van der Waals surface area (Å²) in [4.78, 5) is 15.0. The minimum absolute atomic E-state index is 0.259. The number of sulfonamides is 1. The van der Waals surface area contributed by atoms with E-state index in [1.54, 1.807) is 12.1 Å². The van der Waals surface area contributed by atoms with E-state index in [1.807, 2.05) is 24.3 Å². The van der Waals surface area contributed by atoms with Gasteiger partial charge in [-0.15, -0.1) is 0 Å². The van der Waals surface area contributed by atoms with E-state index >= 15 is 0 Å². The third-order valence-electron chi connectivity index (χ3n) is 4.82. The Bertz CT molecular complexity index is 952. The highest BCUT2D eigenvalue weighted by Crippen LogP contribution is 2.28. The average Bonchev–Trinajstić information content (AvgIpc) is 2.68. The first kappa shape index (κ1) is 21.1. The van der Waals surface area contributed by atoms with Gasteiger partial charge in [-0.25, -0.2) is 8.42 Å². The van der Waals surface area contributed by atoms with Gasteiger partial charge in [0.05, 0.1) is 19.1 Å². The maximum absolute atomic E-state index is 12.6. The minimum Gasteiger partial charge on any atom is -0.495 e. The first-order valence-electron chi connectivity index (χ1n) is 9.62. The highest BCUT2D eigenvalue weighted by molar-refractivity contribution is 7.92. The van der Waals surface area contributed by atoms with Crippen LogP contribution in [0.3, 0.4) is 0 Å². The Morgan fingerprint density at radius 3 is 2.38 bits per heavy atom. The van der Waals surface area contributed by atoms with Crippen LogP contribution in [-0.4, -0.2) is 45.7 Å². The number of anilines is 2. The standard InChI is InChI=1S/C21H27N3O4S/c1-28-20-11-10-18(14-19(20)23-29(2,26)27)22-21(25)17-8-6-16(7-9-17)15-24-12-4-3-5-13-24/h6-11,14,23H,3-5,12-13,15H2,1-2H3,(H,22,25). The maximum Gasteiger partial charge on any atom is 0.255 e. The van der Waals surface area contributed by atoms with Crippen LogP contribution < -0.4 is 14.8 Å². The number of ether oxygens (including phenoxy) is 1. The molecular formula is C21H27N3O4S. The lowest BCUT2D eigenvalue weighted by atomic mass is 10.1. The number of nitrogens with one attached hydrogen (secondary N) is 2. The van der Waals surface area contributed by atoms with Crippen LogP contribution in [0.15, 0.2) is 42.5 Å². The molecule has 1 aliphatic heterocycles. The molecule has 29 heavy (non-hydrogen) atoms. The SMILES string of the molecule is COc1ccc(NC(=O)c2ccc(CN3CCCCC3)cc2)cc1NS(C)(=O)=O. The second kappa shape index (κ2) is 9.28. The highest BCUT2D eigenvalue weighted by atomic mass is 32.2. The number of amides is 1. The third-order valence-corrected chi connectivity index (χ3v) is 5.41. The molecule has 0 bridgehead atoms. The van der Waals surface area contributed by atoms with Crippen molar-refractivity contribution >= 4 is 27.3 Å². The summed E-state index contributed by atoms with van der Waals surface area (Å²) in [6.45, 7) is 3.16. The molecule has 0 unspecified atom stereocenters. The molecule has 1 saturated heterocycles. The number of hydrogen-bond donors (Lipinski definition) is 2. The van der Waals surface area contributed by atoms with Crippen molar-refractivity contribution in [3.63, 3.8) is 0 Å². The summed E-state index contributed by atoms with van der Waals surface area (Å²) in [6.07, 6.45) is 4.86. The van der Waals surface area contributed by atoms with Gasteiger partial charge < -0.3 is 10.1 Å². The van der Waals surface area contributed by atoms with E-state index in [0.717, 1.165) is 25.9 Å². The molecule has 0 atom stereocenters. The summed E-state index contributed by atoms with van der Waals surface area (Å²) in [7, 11) is -2.02. The molecule has 0 saturated carbocycles. The minimum atomic E-state index is -3.47. The fourth-order valence-corrected chi connectivity index (χ4v) is 3.96. The number of nitrogens with zero attached hydrogens (tertiary/aromatic N) is 1. The van der Waals surface area contributed by atoms with Gasteiger partial charge in [-0.1, -0.05) is 18.6 Å². The predicted octanol–water partition coefficient (Wildman–Crippen LogP) is 3.30. The van der Waals surface area contributed by atoms with Crippen LogP contribution >= 0.6 is 0 Å². The second-order valence-electron chi connectivity index (χ2n) is 7.28. The van der Waals surface area contributed by atoms with E-state index in [0.29, 0.717) is 17.0 Å². The van der Waals surface area contributed by atoms with Crippen molar-refractivity contribution in [2.45, 2.75) is 25.8 Å². The molecule has 1 fully saturated rings. The molecular weight excluding hydrogens is 390 g/mol. The lowest BCUT2D eigenvalue weighted by molar-refractivity contribution is 0.102. The summed E-state index contributed by atoms with van der Waals surface area (Å²) in [5, 5.41) is 2.80. The fourth-order valence-electron chi connectivity index (χ4n) is 3.41. The number of piperidine rings is 1. The van der Waals surface area contributed by atoms with Crippen LogP contribution in [0.4, 0.5) is 11.4 Å². The topological polar surface area (TPSA) is 87.7 Å². The smallest absolute Gasteiger partial charge is 0.255 e. The van der Waals surface area contributed by atoms with Gasteiger partial charge in [0.25, 0.3) is 5.91 Å². The molecule has 8 heteroatoms. The molecule has 2 aromatic rings. The Balaban J connectivity index is 1.67. The van der Waals surface area contributed by atoms with Crippen LogP contribution in [0.5, 0.6) is 5.75 Å². The zero-order valence-corrected chi connectivity index (χ0v) is 17.6. The van der Waals surface area contributed by atoms with Gasteiger partial charge in [-0.3, -0.25) is 14.4 Å². The summed E-state index contributed by atoms with van der Waals surface area (Å²) in [6, 6.07) is 12.4. The molecule has 1 aliphatic rings. The van der Waals surface area contributed by atoms with Gasteiger partial charge in [-0.2, -0.15) is 0 Å². The lowest BCUT2D eigenvalue weighted by Gasteiger charge is -2.26. The van der Waals surface area contributed by atoms with Crippen LogP contribution in [0.1, 0.15) is 35.2 Å². The van der Waals surface area contributed by atoms with Gasteiger partial charge in [0, 0.05) is 17.8 Å². The molecule has 1 amide bonds. The number of carbonyl (C=O) groups excluding carboxylic acids is 1. The Kier molecular flexibility index (Phi) is 6.76. The zero-order chi connectivity index (χ0) is 20.9. The van der Waals surface area contributed by atoms with E-state index in [4.69, 9.17) is 4.74 Å². The summed E-state index contributed by atoms with van der Waals surface area (Å²) in [5.74, 6) is 0.112. The Hall–Kier alpha value is -2.58. The predicted molar refractivity (Wildman–Crippen MR) is 115 cm³/mol. The second-order valence-corrected chi connectivity index (χ2v) is 9.03. The number of carbonyl (C=O) groups is 1. The first-order chi connectivity index (χ1) is 13.8. The third kappa shape index (κ3) is 6.20. The Morgan fingerprint density at radius 2 is 1.76 bits per heavy atom. The maximum atomic E-state index is 12.6. The van der Waals surface area contributed by atoms with Crippen molar-refractivity contribution in [2.75, 3.05) is 36.5 Å². The number of benzene rings is 2. The molecule has 3 rings (SSSR count). The molecule has 0 spiro atoms. The van der Waals surface area contributed by atoms with Crippen LogP contribution in [0, 0.1) is 0 Å². The number of hydrogen-bond acceptors (Lipinski definition) is 5. The van der Waals surface area contributed by atoms with E-state index in [1.165, 1.54) is 38.0 Å². The van der Waals surface area contributed by atoms with E-state index in [-0.39, 0.29) is 11.6 Å². The normalized spacial score (nSPS) is 15.0. The summed E-state index contributed by atoms with van der Waals surface area (Å²) >= 11 is 0.